The second-order valence-corrected chi connectivity index (χ2v) is 6.89. The van der Waals surface area contributed by atoms with Gasteiger partial charge in [-0.05, 0) is 37.5 Å². The van der Waals surface area contributed by atoms with Crippen LogP contribution in [0, 0.1) is 6.92 Å². The Morgan fingerprint density at radius 1 is 1.39 bits per heavy atom. The molecule has 0 bridgehead atoms. The zero-order valence-electron chi connectivity index (χ0n) is 15.7. The highest BCUT2D eigenvalue weighted by Crippen LogP contribution is 2.18. The first-order valence-corrected chi connectivity index (χ1v) is 9.29. The van der Waals surface area contributed by atoms with Crippen molar-refractivity contribution in [3.05, 3.63) is 48.3 Å². The number of carbonyl (C=O) groups excluding carboxylic acids is 1. The van der Waals surface area contributed by atoms with Gasteiger partial charge in [0.15, 0.2) is 5.82 Å². The molecule has 4 rings (SSSR count). The number of amides is 1. The number of pyridine rings is 1. The molecule has 3 aromatic rings. The fourth-order valence-electron chi connectivity index (χ4n) is 3.20. The molecule has 4 heterocycles. The number of hydrogen-bond acceptors (Lipinski definition) is 7. The monoisotopic (exact) mass is 382 g/mol. The fraction of sp³-hybridized carbons (Fsp3) is 0.421. The van der Waals surface area contributed by atoms with Gasteiger partial charge >= 0.3 is 0 Å². The van der Waals surface area contributed by atoms with Gasteiger partial charge in [-0.2, -0.15) is 10.1 Å². The van der Waals surface area contributed by atoms with Crippen LogP contribution < -0.4 is 0 Å². The molecular weight excluding hydrogens is 360 g/mol. The van der Waals surface area contributed by atoms with E-state index in [1.165, 1.54) is 0 Å². The van der Waals surface area contributed by atoms with Crippen molar-refractivity contribution in [2.75, 3.05) is 13.1 Å². The molecule has 0 aliphatic carbocycles. The molecule has 1 saturated heterocycles. The minimum absolute atomic E-state index is 0.0441. The number of likely N-dealkylation sites (tertiary alicyclic amines) is 1. The lowest BCUT2D eigenvalue weighted by atomic mass is 10.1. The van der Waals surface area contributed by atoms with Crippen molar-refractivity contribution in [3.8, 4) is 11.5 Å². The smallest absolute Gasteiger partial charge is 0.259 e. The first kappa shape index (κ1) is 18.3. The average molecular weight is 382 g/mol. The largest absolute Gasteiger partial charge is 0.368 e. The van der Waals surface area contributed by atoms with Crippen molar-refractivity contribution in [2.24, 2.45) is 0 Å². The maximum Gasteiger partial charge on any atom is 0.259 e. The van der Waals surface area contributed by atoms with Gasteiger partial charge in [0.2, 0.25) is 5.91 Å². The summed E-state index contributed by atoms with van der Waals surface area (Å²) in [5.74, 6) is 0.950. The number of aryl methyl sites for hydroxylation is 1. The lowest BCUT2D eigenvalue weighted by molar-refractivity contribution is -0.136. The maximum atomic E-state index is 12.5. The summed E-state index contributed by atoms with van der Waals surface area (Å²) in [4.78, 5) is 22.7. The standard InChI is InChI=1S/C19H22N6O3/c1-14-8-21-25(10-14)12-18(26)24-7-3-5-16(11-24)27-13-17-22-19(28-23-17)15-4-2-6-20-9-15/h2,4,6,8-10,16H,3,5,7,11-13H2,1H3. The molecule has 1 fully saturated rings. The zero-order valence-corrected chi connectivity index (χ0v) is 15.7. The van der Waals surface area contributed by atoms with E-state index in [-0.39, 0.29) is 25.2 Å². The van der Waals surface area contributed by atoms with E-state index in [2.05, 4.69) is 20.2 Å². The zero-order chi connectivity index (χ0) is 19.3. The fourth-order valence-corrected chi connectivity index (χ4v) is 3.20. The molecule has 0 aromatic carbocycles. The SMILES string of the molecule is Cc1cnn(CC(=O)N2CCCC(OCc3noc(-c4cccnc4)n3)C2)c1. The molecule has 3 aromatic heterocycles. The minimum Gasteiger partial charge on any atom is -0.368 e. The third-order valence-electron chi connectivity index (χ3n) is 4.62. The van der Waals surface area contributed by atoms with Crippen LogP contribution in [0.25, 0.3) is 11.5 Å². The van der Waals surface area contributed by atoms with E-state index in [0.29, 0.717) is 18.3 Å². The summed E-state index contributed by atoms with van der Waals surface area (Å²) in [6.07, 6.45) is 8.74. The first-order chi connectivity index (χ1) is 13.7. The highest BCUT2D eigenvalue weighted by Gasteiger charge is 2.25. The van der Waals surface area contributed by atoms with Gasteiger partial charge in [-0.15, -0.1) is 0 Å². The Morgan fingerprint density at radius 3 is 3.11 bits per heavy atom. The molecule has 0 spiro atoms. The molecule has 1 aliphatic rings. The Hall–Kier alpha value is -3.07. The van der Waals surface area contributed by atoms with Crippen LogP contribution in [-0.4, -0.2) is 54.9 Å². The Balaban J connectivity index is 1.29. The van der Waals surface area contributed by atoms with Gasteiger partial charge in [0.1, 0.15) is 13.2 Å². The number of rotatable bonds is 6. The van der Waals surface area contributed by atoms with Gasteiger partial charge in [-0.1, -0.05) is 5.16 Å². The second kappa shape index (κ2) is 8.30. The number of aromatic nitrogens is 5. The summed E-state index contributed by atoms with van der Waals surface area (Å²) < 4.78 is 12.9. The van der Waals surface area contributed by atoms with Gasteiger partial charge in [0.05, 0.1) is 17.9 Å². The molecule has 1 atom stereocenters. The van der Waals surface area contributed by atoms with Crippen molar-refractivity contribution in [2.45, 2.75) is 39.0 Å². The predicted octanol–water partition coefficient (Wildman–Crippen LogP) is 1.84. The van der Waals surface area contributed by atoms with Gasteiger partial charge in [-0.3, -0.25) is 14.5 Å². The van der Waals surface area contributed by atoms with Crippen LogP contribution in [0.1, 0.15) is 24.2 Å². The molecule has 0 radical (unpaired) electrons. The molecular formula is C19H22N6O3. The molecule has 28 heavy (non-hydrogen) atoms. The predicted molar refractivity (Wildman–Crippen MR) is 98.9 cm³/mol. The average Bonchev–Trinajstić information content (AvgIpc) is 3.36. The van der Waals surface area contributed by atoms with Crippen LogP contribution >= 0.6 is 0 Å². The van der Waals surface area contributed by atoms with Crippen LogP contribution in [0.5, 0.6) is 0 Å². The summed E-state index contributed by atoms with van der Waals surface area (Å²) >= 11 is 0. The lowest BCUT2D eigenvalue weighted by Gasteiger charge is -2.32. The molecule has 1 aliphatic heterocycles. The molecule has 0 saturated carbocycles. The molecule has 1 amide bonds. The van der Waals surface area contributed by atoms with Crippen LogP contribution in [0.15, 0.2) is 41.4 Å². The minimum atomic E-state index is -0.0441. The second-order valence-electron chi connectivity index (χ2n) is 6.89. The van der Waals surface area contributed by atoms with E-state index in [1.807, 2.05) is 30.2 Å². The van der Waals surface area contributed by atoms with E-state index in [1.54, 1.807) is 23.3 Å². The Kier molecular flexibility index (Phi) is 5.43. The Bertz CT molecular complexity index is 923. The molecule has 9 nitrogen and oxygen atoms in total. The number of piperidine rings is 1. The number of carbonyl (C=O) groups is 1. The van der Waals surface area contributed by atoms with Crippen molar-refractivity contribution in [3.63, 3.8) is 0 Å². The summed E-state index contributed by atoms with van der Waals surface area (Å²) in [5.41, 5.74) is 1.81. The van der Waals surface area contributed by atoms with E-state index in [9.17, 15) is 4.79 Å². The number of nitrogens with zero attached hydrogens (tertiary/aromatic N) is 6. The van der Waals surface area contributed by atoms with Crippen molar-refractivity contribution < 1.29 is 14.1 Å². The van der Waals surface area contributed by atoms with Crippen LogP contribution in [-0.2, 0) is 22.7 Å². The van der Waals surface area contributed by atoms with Crippen molar-refractivity contribution in [1.82, 2.24) is 29.8 Å². The van der Waals surface area contributed by atoms with Gasteiger partial charge in [0, 0.05) is 31.7 Å². The van der Waals surface area contributed by atoms with Gasteiger partial charge < -0.3 is 14.2 Å². The van der Waals surface area contributed by atoms with Crippen LogP contribution in [0.2, 0.25) is 0 Å². The molecule has 146 valence electrons. The number of hydrogen-bond donors (Lipinski definition) is 0. The highest BCUT2D eigenvalue weighted by molar-refractivity contribution is 5.76. The lowest BCUT2D eigenvalue weighted by Crippen LogP contribution is -2.44. The summed E-state index contributed by atoms with van der Waals surface area (Å²) in [6.45, 7) is 3.75. The van der Waals surface area contributed by atoms with Crippen molar-refractivity contribution in [1.29, 1.82) is 0 Å². The third-order valence-corrected chi connectivity index (χ3v) is 4.62. The van der Waals surface area contributed by atoms with Crippen LogP contribution in [0.3, 0.4) is 0 Å². The Labute approximate surface area is 162 Å². The highest BCUT2D eigenvalue weighted by atomic mass is 16.5. The van der Waals surface area contributed by atoms with Crippen molar-refractivity contribution >= 4 is 5.91 Å². The third kappa shape index (κ3) is 4.42. The topological polar surface area (TPSA) is 99.2 Å². The van der Waals surface area contributed by atoms with E-state index < -0.39 is 0 Å². The van der Waals surface area contributed by atoms with Gasteiger partial charge in [-0.25, -0.2) is 0 Å². The van der Waals surface area contributed by atoms with Crippen LogP contribution in [0.4, 0.5) is 0 Å². The number of ether oxygens (including phenoxy) is 1. The van der Waals surface area contributed by atoms with E-state index in [4.69, 9.17) is 9.26 Å². The van der Waals surface area contributed by atoms with E-state index >= 15 is 0 Å². The van der Waals surface area contributed by atoms with Gasteiger partial charge in [0.25, 0.3) is 5.89 Å². The first-order valence-electron chi connectivity index (χ1n) is 9.29. The summed E-state index contributed by atoms with van der Waals surface area (Å²) in [7, 11) is 0. The summed E-state index contributed by atoms with van der Waals surface area (Å²) in [5, 5.41) is 8.14. The maximum absolute atomic E-state index is 12.5. The molecule has 0 N–H and O–H groups in total. The normalized spacial score (nSPS) is 17.0. The summed E-state index contributed by atoms with van der Waals surface area (Å²) in [6, 6.07) is 3.67. The molecule has 9 heteroatoms. The Morgan fingerprint density at radius 2 is 2.32 bits per heavy atom. The quantitative estimate of drug-likeness (QED) is 0.641. The molecule has 1 unspecified atom stereocenters. The van der Waals surface area contributed by atoms with E-state index in [0.717, 1.165) is 30.5 Å².